The molecule has 0 bridgehead atoms. The fraction of sp³-hybridized carbons (Fsp3) is 0.474. The van der Waals surface area contributed by atoms with E-state index in [2.05, 4.69) is 0 Å². The lowest BCUT2D eigenvalue weighted by Gasteiger charge is -2.39. The third-order valence-electron chi connectivity index (χ3n) is 6.26. The second kappa shape index (κ2) is 9.17. The zero-order valence-corrected chi connectivity index (χ0v) is 21.0. The number of pyridine rings is 1. The summed E-state index contributed by atoms with van der Waals surface area (Å²) in [5.41, 5.74) is -0.145. The van der Waals surface area contributed by atoms with Crippen LogP contribution in [0.5, 0.6) is 5.75 Å². The average molecular weight is 552 g/mol. The van der Waals surface area contributed by atoms with E-state index in [1.807, 2.05) is 11.8 Å². The Labute approximate surface area is 203 Å². The lowest BCUT2D eigenvalue weighted by atomic mass is 10.1. The molecule has 1 atom stereocenters. The van der Waals surface area contributed by atoms with Gasteiger partial charge in [0.25, 0.3) is 0 Å². The summed E-state index contributed by atoms with van der Waals surface area (Å²) >= 11 is 6.54. The number of carboxylic acid groups (broad SMARTS) is 1. The van der Waals surface area contributed by atoms with Crippen molar-refractivity contribution in [2.45, 2.75) is 18.4 Å². The van der Waals surface area contributed by atoms with Crippen LogP contribution in [0.25, 0.3) is 10.9 Å². The molecule has 4 rings (SSSR count). The van der Waals surface area contributed by atoms with Crippen LogP contribution in [-0.2, 0) is 9.13 Å². The number of hydrogen-bond acceptors (Lipinski definition) is 7. The third-order valence-corrected chi connectivity index (χ3v) is 10.2. The number of carbonyl (C=O) groups is 1. The molecule has 1 aromatic carbocycles. The van der Waals surface area contributed by atoms with Gasteiger partial charge < -0.3 is 38.9 Å². The molecule has 2 aromatic rings. The predicted molar refractivity (Wildman–Crippen MR) is 127 cm³/mol. The Hall–Kier alpha value is -1.95. The van der Waals surface area contributed by atoms with Gasteiger partial charge in [0.05, 0.1) is 22.0 Å². The lowest BCUT2D eigenvalue weighted by molar-refractivity contribution is 0.0694. The number of rotatable bonds is 6. The molecule has 5 N–H and O–H groups in total. The molecule has 0 spiro atoms. The van der Waals surface area contributed by atoms with Crippen LogP contribution in [0.2, 0.25) is 5.02 Å². The van der Waals surface area contributed by atoms with Crippen molar-refractivity contribution in [2.24, 2.45) is 0 Å². The van der Waals surface area contributed by atoms with Crippen molar-refractivity contribution in [3.63, 3.8) is 0 Å². The van der Waals surface area contributed by atoms with Crippen molar-refractivity contribution in [1.82, 2.24) is 9.47 Å². The van der Waals surface area contributed by atoms with E-state index < -0.39 is 38.5 Å². The molecular formula is C19H24ClN3O10P2. The van der Waals surface area contributed by atoms with Crippen molar-refractivity contribution < 1.29 is 43.3 Å². The molecule has 13 nitrogen and oxygen atoms in total. The molecule has 3 heterocycles. The molecule has 2 aliphatic heterocycles. The maximum absolute atomic E-state index is 12.8. The highest BCUT2D eigenvalue weighted by atomic mass is 35.5. The van der Waals surface area contributed by atoms with Crippen LogP contribution in [0.1, 0.15) is 23.3 Å². The molecule has 0 amide bonds. The van der Waals surface area contributed by atoms with Gasteiger partial charge in [0.15, 0.2) is 11.1 Å². The monoisotopic (exact) mass is 551 g/mol. The van der Waals surface area contributed by atoms with E-state index in [-0.39, 0.29) is 41.7 Å². The van der Waals surface area contributed by atoms with Gasteiger partial charge in [-0.05, 0) is 13.0 Å². The van der Waals surface area contributed by atoms with Gasteiger partial charge in [0.2, 0.25) is 5.43 Å². The minimum absolute atomic E-state index is 0.116. The van der Waals surface area contributed by atoms with E-state index in [9.17, 15) is 43.4 Å². The van der Waals surface area contributed by atoms with E-state index in [1.165, 1.54) is 12.3 Å². The Kier molecular flexibility index (Phi) is 6.84. The molecule has 1 aromatic heterocycles. The molecule has 0 radical (unpaired) electrons. The summed E-state index contributed by atoms with van der Waals surface area (Å²) < 4.78 is 30.9. The minimum Gasteiger partial charge on any atom is -0.487 e. The zero-order chi connectivity index (χ0) is 25.9. The molecule has 16 heteroatoms. The fourth-order valence-corrected chi connectivity index (χ4v) is 7.22. The Morgan fingerprint density at radius 2 is 1.77 bits per heavy atom. The normalized spacial score (nSPS) is 19.3. The predicted octanol–water partition coefficient (Wildman–Crippen LogP) is 1.11. The van der Waals surface area contributed by atoms with E-state index in [4.69, 9.17) is 16.3 Å². The van der Waals surface area contributed by atoms with Gasteiger partial charge in [-0.3, -0.25) is 18.8 Å². The minimum atomic E-state index is -5.04. The quantitative estimate of drug-likeness (QED) is 0.322. The van der Waals surface area contributed by atoms with Crippen LogP contribution in [0.4, 0.5) is 5.69 Å². The van der Waals surface area contributed by atoms with Crippen LogP contribution in [-0.4, -0.2) is 84.8 Å². The van der Waals surface area contributed by atoms with Crippen molar-refractivity contribution in [2.75, 3.05) is 44.2 Å². The molecule has 0 saturated carbocycles. The fourth-order valence-electron chi connectivity index (χ4n) is 4.45. The van der Waals surface area contributed by atoms with Gasteiger partial charge >= 0.3 is 21.2 Å². The van der Waals surface area contributed by atoms with E-state index >= 15 is 0 Å². The summed E-state index contributed by atoms with van der Waals surface area (Å²) in [6.45, 7) is 2.60. The van der Waals surface area contributed by atoms with Gasteiger partial charge in [0, 0.05) is 38.9 Å². The second-order valence-corrected chi connectivity index (χ2v) is 13.0. The summed E-state index contributed by atoms with van der Waals surface area (Å²) in [4.78, 5) is 65.4. The molecular weight excluding hydrogens is 528 g/mol. The van der Waals surface area contributed by atoms with Gasteiger partial charge in [-0.25, -0.2) is 4.79 Å². The number of halogens is 1. The standard InChI is InChI=1S/C19H24ClN3O10P2/c1-10-9-33-18-15-11(17(24)12(19(25)26)7-23(10)15)6-13(20)16(18)22-4-2-21(3-5-22)8-14(34(27,28)29)35(30,31)32/h6-7,10,14H,2-5,8-9H2,1H3,(H,25,26)(H2,27,28,29)(H2,30,31,32). The Morgan fingerprint density at radius 1 is 1.17 bits per heavy atom. The van der Waals surface area contributed by atoms with Crippen LogP contribution in [0.15, 0.2) is 17.1 Å². The summed E-state index contributed by atoms with van der Waals surface area (Å²) in [5.74, 6) is -1.02. The van der Waals surface area contributed by atoms with Crippen molar-refractivity contribution in [3.05, 3.63) is 33.1 Å². The van der Waals surface area contributed by atoms with Crippen LogP contribution in [0, 0.1) is 0 Å². The summed E-state index contributed by atoms with van der Waals surface area (Å²) in [6.07, 6.45) is 1.30. The largest absolute Gasteiger partial charge is 0.487 e. The van der Waals surface area contributed by atoms with Gasteiger partial charge in [-0.1, -0.05) is 11.6 Å². The number of nitrogens with zero attached hydrogens (tertiary/aromatic N) is 3. The number of carboxylic acids is 1. The first kappa shape index (κ1) is 26.1. The Bertz CT molecular complexity index is 1320. The second-order valence-electron chi connectivity index (χ2n) is 8.62. The molecule has 1 unspecified atom stereocenters. The summed E-state index contributed by atoms with van der Waals surface area (Å²) in [5, 5.41) is 7.62. The SMILES string of the molecule is CC1COc2c(N3CCN(CC(P(=O)(O)O)P(=O)(O)O)CC3)c(Cl)cc3c(=O)c(C(=O)O)cn1c23. The van der Waals surface area contributed by atoms with Gasteiger partial charge in [-0.15, -0.1) is 0 Å². The van der Waals surface area contributed by atoms with Crippen molar-refractivity contribution in [3.8, 4) is 5.75 Å². The first-order chi connectivity index (χ1) is 16.2. The first-order valence-electron chi connectivity index (χ1n) is 10.5. The number of anilines is 1. The maximum Gasteiger partial charge on any atom is 0.342 e. The third kappa shape index (κ3) is 4.87. The summed E-state index contributed by atoms with van der Waals surface area (Å²) in [6, 6.07) is 1.17. The topological polar surface area (TPSA) is 190 Å². The van der Waals surface area contributed by atoms with E-state index in [0.717, 1.165) is 0 Å². The van der Waals surface area contributed by atoms with E-state index in [1.54, 1.807) is 9.47 Å². The van der Waals surface area contributed by atoms with E-state index in [0.29, 0.717) is 30.0 Å². The van der Waals surface area contributed by atoms with Crippen LogP contribution >= 0.6 is 26.8 Å². The highest BCUT2D eigenvalue weighted by Crippen LogP contribution is 2.60. The van der Waals surface area contributed by atoms with Crippen molar-refractivity contribution in [1.29, 1.82) is 0 Å². The molecule has 2 aliphatic rings. The highest BCUT2D eigenvalue weighted by Gasteiger charge is 2.44. The van der Waals surface area contributed by atoms with Crippen LogP contribution < -0.4 is 15.1 Å². The average Bonchev–Trinajstić information content (AvgIpc) is 2.74. The smallest absolute Gasteiger partial charge is 0.342 e. The highest BCUT2D eigenvalue weighted by molar-refractivity contribution is 7.70. The summed E-state index contributed by atoms with van der Waals surface area (Å²) in [7, 11) is -10.1. The van der Waals surface area contributed by atoms with Crippen LogP contribution in [0.3, 0.4) is 0 Å². The number of aromatic nitrogens is 1. The Balaban J connectivity index is 1.68. The zero-order valence-electron chi connectivity index (χ0n) is 18.4. The number of benzene rings is 1. The van der Waals surface area contributed by atoms with Crippen molar-refractivity contribution >= 4 is 49.4 Å². The maximum atomic E-state index is 12.8. The molecule has 192 valence electrons. The Morgan fingerprint density at radius 3 is 2.31 bits per heavy atom. The van der Waals surface area contributed by atoms with Gasteiger partial charge in [0.1, 0.15) is 17.9 Å². The molecule has 35 heavy (non-hydrogen) atoms. The number of piperazine rings is 1. The molecule has 1 fully saturated rings. The first-order valence-corrected chi connectivity index (χ1v) is 14.3. The molecule has 1 saturated heterocycles. The lowest BCUT2D eigenvalue weighted by Crippen LogP contribution is -2.48. The van der Waals surface area contributed by atoms with Gasteiger partial charge in [-0.2, -0.15) is 0 Å². The molecule has 0 aliphatic carbocycles. The number of aromatic carboxylic acids is 1. The number of hydrogen-bond donors (Lipinski definition) is 5. The number of ether oxygens (including phenoxy) is 1.